The van der Waals surface area contributed by atoms with Gasteiger partial charge in [-0.3, -0.25) is 9.36 Å². The molecule has 0 saturated carbocycles. The molecule has 0 aliphatic carbocycles. The first kappa shape index (κ1) is 12.2. The van der Waals surface area contributed by atoms with Crippen molar-refractivity contribution in [2.24, 2.45) is 0 Å². The normalized spacial score (nSPS) is 10.1. The summed E-state index contributed by atoms with van der Waals surface area (Å²) in [6, 6.07) is 8.81. The standard InChI is InChI=1S/C13H14N2O3/c1-17-11-4-2-3-5-12(11)18-9-8-15-10-14-7-6-13(15)16/h2-7,10H,8-9H2,1H3. The fourth-order valence-corrected chi connectivity index (χ4v) is 1.54. The molecule has 1 aromatic heterocycles. The van der Waals surface area contributed by atoms with E-state index in [1.807, 2.05) is 24.3 Å². The minimum atomic E-state index is -0.0892. The van der Waals surface area contributed by atoms with Crippen molar-refractivity contribution in [1.82, 2.24) is 9.55 Å². The second-order valence-electron chi connectivity index (χ2n) is 3.61. The first-order valence-corrected chi connectivity index (χ1v) is 5.57. The zero-order valence-electron chi connectivity index (χ0n) is 10.1. The van der Waals surface area contributed by atoms with E-state index in [2.05, 4.69) is 4.98 Å². The zero-order valence-corrected chi connectivity index (χ0v) is 10.1. The number of nitrogens with zero attached hydrogens (tertiary/aromatic N) is 2. The van der Waals surface area contributed by atoms with Crippen LogP contribution in [-0.4, -0.2) is 23.3 Å². The lowest BCUT2D eigenvalue weighted by atomic mass is 10.3. The van der Waals surface area contributed by atoms with Gasteiger partial charge >= 0.3 is 0 Å². The van der Waals surface area contributed by atoms with E-state index in [0.29, 0.717) is 24.7 Å². The molecule has 5 heteroatoms. The van der Waals surface area contributed by atoms with E-state index >= 15 is 0 Å². The molecular weight excluding hydrogens is 232 g/mol. The number of hydrogen-bond acceptors (Lipinski definition) is 4. The van der Waals surface area contributed by atoms with Gasteiger partial charge in [0.1, 0.15) is 6.61 Å². The molecule has 0 spiro atoms. The molecule has 1 heterocycles. The van der Waals surface area contributed by atoms with Gasteiger partial charge in [-0.05, 0) is 12.1 Å². The van der Waals surface area contributed by atoms with Crippen LogP contribution in [0.25, 0.3) is 0 Å². The Kier molecular flexibility index (Phi) is 3.96. The van der Waals surface area contributed by atoms with Gasteiger partial charge in [-0.2, -0.15) is 0 Å². The highest BCUT2D eigenvalue weighted by Gasteiger charge is 2.02. The molecule has 0 N–H and O–H groups in total. The van der Waals surface area contributed by atoms with E-state index in [4.69, 9.17) is 9.47 Å². The van der Waals surface area contributed by atoms with Crippen LogP contribution in [0.15, 0.2) is 47.7 Å². The van der Waals surface area contributed by atoms with E-state index in [1.165, 1.54) is 23.2 Å². The Bertz CT molecular complexity index is 566. The monoisotopic (exact) mass is 246 g/mol. The highest BCUT2D eigenvalue weighted by molar-refractivity contribution is 5.39. The summed E-state index contributed by atoms with van der Waals surface area (Å²) in [7, 11) is 1.59. The lowest BCUT2D eigenvalue weighted by molar-refractivity contribution is 0.277. The zero-order chi connectivity index (χ0) is 12.8. The predicted octanol–water partition coefficient (Wildman–Crippen LogP) is 1.33. The highest BCUT2D eigenvalue weighted by Crippen LogP contribution is 2.25. The van der Waals surface area contributed by atoms with Gasteiger partial charge in [-0.25, -0.2) is 4.98 Å². The first-order valence-electron chi connectivity index (χ1n) is 5.57. The largest absolute Gasteiger partial charge is 0.493 e. The summed E-state index contributed by atoms with van der Waals surface area (Å²) >= 11 is 0. The summed E-state index contributed by atoms with van der Waals surface area (Å²) in [6.07, 6.45) is 2.97. The maximum absolute atomic E-state index is 11.4. The quantitative estimate of drug-likeness (QED) is 0.798. The van der Waals surface area contributed by atoms with E-state index in [1.54, 1.807) is 7.11 Å². The number of benzene rings is 1. The SMILES string of the molecule is COc1ccccc1OCCn1cnccc1=O. The Balaban J connectivity index is 1.97. The molecule has 0 bridgehead atoms. The van der Waals surface area contributed by atoms with Crippen molar-refractivity contribution in [1.29, 1.82) is 0 Å². The van der Waals surface area contributed by atoms with Gasteiger partial charge < -0.3 is 9.47 Å². The van der Waals surface area contributed by atoms with Crippen LogP contribution < -0.4 is 15.0 Å². The van der Waals surface area contributed by atoms with Crippen molar-refractivity contribution < 1.29 is 9.47 Å². The van der Waals surface area contributed by atoms with Crippen LogP contribution >= 0.6 is 0 Å². The summed E-state index contributed by atoms with van der Waals surface area (Å²) in [5, 5.41) is 0. The number of ether oxygens (including phenoxy) is 2. The van der Waals surface area contributed by atoms with Gasteiger partial charge in [0, 0.05) is 12.3 Å². The van der Waals surface area contributed by atoms with Gasteiger partial charge in [0.2, 0.25) is 0 Å². The topological polar surface area (TPSA) is 53.4 Å². The fourth-order valence-electron chi connectivity index (χ4n) is 1.54. The number of methoxy groups -OCH3 is 1. The van der Waals surface area contributed by atoms with Crippen LogP contribution in [0, 0.1) is 0 Å². The van der Waals surface area contributed by atoms with Crippen LogP contribution in [0.3, 0.4) is 0 Å². The highest BCUT2D eigenvalue weighted by atomic mass is 16.5. The second-order valence-corrected chi connectivity index (χ2v) is 3.61. The first-order chi connectivity index (χ1) is 8.81. The third kappa shape index (κ3) is 2.88. The summed E-state index contributed by atoms with van der Waals surface area (Å²) < 4.78 is 12.2. The van der Waals surface area contributed by atoms with Crippen molar-refractivity contribution in [2.45, 2.75) is 6.54 Å². The number of aromatic nitrogens is 2. The van der Waals surface area contributed by atoms with Crippen molar-refractivity contribution >= 4 is 0 Å². The molecule has 18 heavy (non-hydrogen) atoms. The van der Waals surface area contributed by atoms with Gasteiger partial charge in [0.15, 0.2) is 11.5 Å². The Morgan fingerprint density at radius 3 is 2.72 bits per heavy atom. The third-order valence-electron chi connectivity index (χ3n) is 2.45. The number of rotatable bonds is 5. The van der Waals surface area contributed by atoms with E-state index in [9.17, 15) is 4.79 Å². The minimum absolute atomic E-state index is 0.0892. The molecule has 0 unspecified atom stereocenters. The predicted molar refractivity (Wildman–Crippen MR) is 67.0 cm³/mol. The van der Waals surface area contributed by atoms with Gasteiger partial charge in [-0.1, -0.05) is 12.1 Å². The molecule has 0 amide bonds. The molecule has 5 nitrogen and oxygen atoms in total. The van der Waals surface area contributed by atoms with E-state index < -0.39 is 0 Å². The van der Waals surface area contributed by atoms with Crippen molar-refractivity contribution in [2.75, 3.05) is 13.7 Å². The van der Waals surface area contributed by atoms with Crippen molar-refractivity contribution in [3.8, 4) is 11.5 Å². The van der Waals surface area contributed by atoms with Gasteiger partial charge in [0.05, 0.1) is 20.0 Å². The smallest absolute Gasteiger partial charge is 0.253 e. The van der Waals surface area contributed by atoms with Gasteiger partial charge in [-0.15, -0.1) is 0 Å². The fraction of sp³-hybridized carbons (Fsp3) is 0.231. The minimum Gasteiger partial charge on any atom is -0.493 e. The van der Waals surface area contributed by atoms with Crippen LogP contribution in [0.4, 0.5) is 0 Å². The van der Waals surface area contributed by atoms with E-state index in [-0.39, 0.29) is 5.56 Å². The molecular formula is C13H14N2O3. The molecule has 2 rings (SSSR count). The van der Waals surface area contributed by atoms with Crippen LogP contribution in [0.1, 0.15) is 0 Å². The Morgan fingerprint density at radius 2 is 2.00 bits per heavy atom. The van der Waals surface area contributed by atoms with Crippen LogP contribution in [0.2, 0.25) is 0 Å². The average molecular weight is 246 g/mol. The summed E-state index contributed by atoms with van der Waals surface area (Å²) in [5.74, 6) is 1.34. The second kappa shape index (κ2) is 5.86. The maximum Gasteiger partial charge on any atom is 0.253 e. The Morgan fingerprint density at radius 1 is 1.22 bits per heavy atom. The molecule has 94 valence electrons. The summed E-state index contributed by atoms with van der Waals surface area (Å²) in [6.45, 7) is 0.830. The van der Waals surface area contributed by atoms with Crippen LogP contribution in [0.5, 0.6) is 11.5 Å². The van der Waals surface area contributed by atoms with Crippen molar-refractivity contribution in [3.63, 3.8) is 0 Å². The summed E-state index contributed by atoms with van der Waals surface area (Å²) in [4.78, 5) is 15.3. The third-order valence-corrected chi connectivity index (χ3v) is 2.45. The molecule has 0 saturated heterocycles. The van der Waals surface area contributed by atoms with Crippen LogP contribution in [-0.2, 0) is 6.54 Å². The summed E-state index contributed by atoms with van der Waals surface area (Å²) in [5.41, 5.74) is -0.0892. The molecule has 1 aromatic carbocycles. The van der Waals surface area contributed by atoms with Gasteiger partial charge in [0.25, 0.3) is 5.56 Å². The molecule has 0 aliphatic rings. The van der Waals surface area contributed by atoms with Crippen molar-refractivity contribution in [3.05, 3.63) is 53.2 Å². The molecule has 0 aliphatic heterocycles. The lowest BCUT2D eigenvalue weighted by Gasteiger charge is -2.10. The molecule has 0 radical (unpaired) electrons. The number of hydrogen-bond donors (Lipinski definition) is 0. The molecule has 0 atom stereocenters. The molecule has 2 aromatic rings. The average Bonchev–Trinajstić information content (AvgIpc) is 2.41. The van der Waals surface area contributed by atoms with E-state index in [0.717, 1.165) is 0 Å². The maximum atomic E-state index is 11.4. The Hall–Kier alpha value is -2.30. The lowest BCUT2D eigenvalue weighted by Crippen LogP contribution is -2.22. The Labute approximate surface area is 105 Å². The molecule has 0 fully saturated rings. The number of para-hydroxylation sites is 2.